The molecule has 2 aromatic carbocycles. The van der Waals surface area contributed by atoms with Crippen LogP contribution in [0.3, 0.4) is 0 Å². The minimum absolute atomic E-state index is 0.0467. The SMILES string of the molecule is CCOc1ccc(C(=O)NNC(=O)c2nn(CC(C)C)c(=O)c3ccccc23)cc1OC. The van der Waals surface area contributed by atoms with Crippen LogP contribution in [0.4, 0.5) is 0 Å². The van der Waals surface area contributed by atoms with Crippen LogP contribution in [-0.2, 0) is 6.54 Å². The molecular formula is C23H26N4O5. The minimum Gasteiger partial charge on any atom is -0.493 e. The van der Waals surface area contributed by atoms with Gasteiger partial charge in [0.25, 0.3) is 17.4 Å². The van der Waals surface area contributed by atoms with E-state index in [1.807, 2.05) is 20.8 Å². The molecule has 1 aromatic heterocycles. The number of amides is 2. The van der Waals surface area contributed by atoms with Gasteiger partial charge in [-0.15, -0.1) is 0 Å². The molecule has 2 amide bonds. The van der Waals surface area contributed by atoms with Crippen LogP contribution in [-0.4, -0.2) is 35.3 Å². The molecule has 0 atom stereocenters. The Labute approximate surface area is 185 Å². The fourth-order valence-corrected chi connectivity index (χ4v) is 3.20. The lowest BCUT2D eigenvalue weighted by atomic mass is 10.1. The fraction of sp³-hybridized carbons (Fsp3) is 0.304. The summed E-state index contributed by atoms with van der Waals surface area (Å²) < 4.78 is 12.0. The molecular weight excluding hydrogens is 412 g/mol. The van der Waals surface area contributed by atoms with Gasteiger partial charge in [-0.1, -0.05) is 32.0 Å². The molecule has 1 heterocycles. The number of aromatic nitrogens is 2. The van der Waals surface area contributed by atoms with Crippen LogP contribution in [0.5, 0.6) is 11.5 Å². The van der Waals surface area contributed by atoms with E-state index in [1.54, 1.807) is 36.4 Å². The van der Waals surface area contributed by atoms with Gasteiger partial charge in [0, 0.05) is 17.5 Å². The summed E-state index contributed by atoms with van der Waals surface area (Å²) in [7, 11) is 1.48. The second kappa shape index (κ2) is 9.95. The van der Waals surface area contributed by atoms with Crippen LogP contribution >= 0.6 is 0 Å². The highest BCUT2D eigenvalue weighted by atomic mass is 16.5. The number of nitrogens with one attached hydrogen (secondary N) is 2. The molecule has 0 spiro atoms. The summed E-state index contributed by atoms with van der Waals surface area (Å²) in [5.74, 6) is -0.103. The van der Waals surface area contributed by atoms with Crippen LogP contribution < -0.4 is 25.9 Å². The molecule has 0 aliphatic rings. The molecule has 3 rings (SSSR count). The number of hydrogen-bond acceptors (Lipinski definition) is 6. The standard InChI is InChI=1S/C23H26N4O5/c1-5-32-18-11-10-15(12-19(18)31-4)21(28)24-25-22(29)20-16-8-6-7-9-17(16)23(30)27(26-20)13-14(2)3/h6-12,14H,5,13H2,1-4H3,(H,24,28)(H,25,29). The molecule has 0 bridgehead atoms. The molecule has 9 heteroatoms. The molecule has 32 heavy (non-hydrogen) atoms. The van der Waals surface area contributed by atoms with E-state index >= 15 is 0 Å². The Hall–Kier alpha value is -3.88. The van der Waals surface area contributed by atoms with E-state index in [4.69, 9.17) is 9.47 Å². The number of hydrogen-bond donors (Lipinski definition) is 2. The number of benzene rings is 2. The molecule has 9 nitrogen and oxygen atoms in total. The third kappa shape index (κ3) is 4.88. The number of nitrogens with zero attached hydrogens (tertiary/aromatic N) is 2. The molecule has 0 radical (unpaired) electrons. The van der Waals surface area contributed by atoms with Crippen molar-refractivity contribution >= 4 is 22.6 Å². The average molecular weight is 438 g/mol. The Morgan fingerprint density at radius 3 is 2.38 bits per heavy atom. The van der Waals surface area contributed by atoms with Gasteiger partial charge in [-0.25, -0.2) is 4.68 Å². The maximum Gasteiger partial charge on any atom is 0.290 e. The number of carbonyl (C=O) groups excluding carboxylic acids is 2. The first-order valence-electron chi connectivity index (χ1n) is 10.3. The Kier molecular flexibility index (Phi) is 7.09. The highest BCUT2D eigenvalue weighted by Crippen LogP contribution is 2.27. The Bertz CT molecular complexity index is 1200. The average Bonchev–Trinajstić information content (AvgIpc) is 2.79. The first-order valence-corrected chi connectivity index (χ1v) is 10.3. The topological polar surface area (TPSA) is 112 Å². The molecule has 0 unspecified atom stereocenters. The third-order valence-electron chi connectivity index (χ3n) is 4.64. The van der Waals surface area contributed by atoms with Gasteiger partial charge in [0.15, 0.2) is 17.2 Å². The van der Waals surface area contributed by atoms with Crippen molar-refractivity contribution in [3.63, 3.8) is 0 Å². The van der Waals surface area contributed by atoms with Crippen LogP contribution in [0.2, 0.25) is 0 Å². The Morgan fingerprint density at radius 1 is 1.03 bits per heavy atom. The van der Waals surface area contributed by atoms with Gasteiger partial charge in [-0.3, -0.25) is 25.2 Å². The maximum atomic E-state index is 12.9. The quantitative estimate of drug-likeness (QED) is 0.549. The first-order chi connectivity index (χ1) is 15.3. The summed E-state index contributed by atoms with van der Waals surface area (Å²) in [6.45, 7) is 6.57. The van der Waals surface area contributed by atoms with E-state index < -0.39 is 11.8 Å². The number of hydrazine groups is 1. The zero-order chi connectivity index (χ0) is 23.3. The van der Waals surface area contributed by atoms with Crippen LogP contribution in [0, 0.1) is 5.92 Å². The number of fused-ring (bicyclic) bond motifs is 1. The van der Waals surface area contributed by atoms with Crippen molar-refractivity contribution in [3.05, 3.63) is 64.1 Å². The van der Waals surface area contributed by atoms with Gasteiger partial charge in [0.05, 0.1) is 19.1 Å². The Balaban J connectivity index is 1.84. The second-order valence-corrected chi connectivity index (χ2v) is 7.48. The highest BCUT2D eigenvalue weighted by molar-refractivity contribution is 6.06. The molecule has 3 aromatic rings. The lowest BCUT2D eigenvalue weighted by molar-refractivity contribution is 0.0843. The van der Waals surface area contributed by atoms with Gasteiger partial charge in [-0.2, -0.15) is 5.10 Å². The summed E-state index contributed by atoms with van der Waals surface area (Å²) in [4.78, 5) is 38.1. The smallest absolute Gasteiger partial charge is 0.290 e. The van der Waals surface area contributed by atoms with Gasteiger partial charge in [-0.05, 0) is 37.1 Å². The van der Waals surface area contributed by atoms with Gasteiger partial charge < -0.3 is 9.47 Å². The molecule has 0 saturated heterocycles. The van der Waals surface area contributed by atoms with Crippen molar-refractivity contribution in [1.29, 1.82) is 0 Å². The van der Waals surface area contributed by atoms with E-state index in [0.717, 1.165) is 0 Å². The number of methoxy groups -OCH3 is 1. The zero-order valence-electron chi connectivity index (χ0n) is 18.5. The summed E-state index contributed by atoms with van der Waals surface area (Å²) in [6.07, 6.45) is 0. The normalized spacial score (nSPS) is 10.8. The molecule has 0 aliphatic carbocycles. The predicted molar refractivity (Wildman–Crippen MR) is 120 cm³/mol. The van der Waals surface area contributed by atoms with Crippen molar-refractivity contribution in [2.24, 2.45) is 5.92 Å². The summed E-state index contributed by atoms with van der Waals surface area (Å²) in [5.41, 5.74) is 4.81. The van der Waals surface area contributed by atoms with E-state index in [9.17, 15) is 14.4 Å². The number of rotatable bonds is 7. The van der Waals surface area contributed by atoms with Crippen molar-refractivity contribution in [3.8, 4) is 11.5 Å². The van der Waals surface area contributed by atoms with Crippen LogP contribution in [0.15, 0.2) is 47.3 Å². The summed E-state index contributed by atoms with van der Waals surface area (Å²) >= 11 is 0. The molecule has 0 aliphatic heterocycles. The van der Waals surface area contributed by atoms with Gasteiger partial charge in [0.2, 0.25) is 0 Å². The monoisotopic (exact) mass is 438 g/mol. The van der Waals surface area contributed by atoms with E-state index in [-0.39, 0.29) is 22.7 Å². The first kappa shape index (κ1) is 22.8. The second-order valence-electron chi connectivity index (χ2n) is 7.48. The molecule has 2 N–H and O–H groups in total. The maximum absolute atomic E-state index is 12.9. The van der Waals surface area contributed by atoms with E-state index in [2.05, 4.69) is 16.0 Å². The van der Waals surface area contributed by atoms with Crippen molar-refractivity contribution in [2.45, 2.75) is 27.3 Å². The highest BCUT2D eigenvalue weighted by Gasteiger charge is 2.18. The predicted octanol–water partition coefficient (Wildman–Crippen LogP) is 2.53. The van der Waals surface area contributed by atoms with Crippen molar-refractivity contribution in [2.75, 3.05) is 13.7 Å². The van der Waals surface area contributed by atoms with Gasteiger partial charge >= 0.3 is 0 Å². The van der Waals surface area contributed by atoms with Crippen molar-refractivity contribution in [1.82, 2.24) is 20.6 Å². The Morgan fingerprint density at radius 2 is 1.72 bits per heavy atom. The molecule has 0 fully saturated rings. The number of ether oxygens (including phenoxy) is 2. The molecule has 168 valence electrons. The lowest BCUT2D eigenvalue weighted by Crippen LogP contribution is -2.43. The molecule has 0 saturated carbocycles. The van der Waals surface area contributed by atoms with Gasteiger partial charge in [0.1, 0.15) is 0 Å². The van der Waals surface area contributed by atoms with Crippen molar-refractivity contribution < 1.29 is 19.1 Å². The fourth-order valence-electron chi connectivity index (χ4n) is 3.20. The summed E-state index contributed by atoms with van der Waals surface area (Å²) in [6, 6.07) is 11.4. The zero-order valence-corrected chi connectivity index (χ0v) is 18.5. The van der Waals surface area contributed by atoms with Crippen LogP contribution in [0.1, 0.15) is 41.6 Å². The minimum atomic E-state index is -0.634. The van der Waals surface area contributed by atoms with E-state index in [1.165, 1.54) is 17.9 Å². The lowest BCUT2D eigenvalue weighted by Gasteiger charge is -2.14. The summed E-state index contributed by atoms with van der Waals surface area (Å²) in [5, 5.41) is 5.05. The largest absolute Gasteiger partial charge is 0.493 e. The van der Waals surface area contributed by atoms with E-state index in [0.29, 0.717) is 35.4 Å². The third-order valence-corrected chi connectivity index (χ3v) is 4.64. The van der Waals surface area contributed by atoms with Crippen LogP contribution in [0.25, 0.3) is 10.8 Å². The number of carbonyl (C=O) groups is 2.